The average molecular weight is 162 g/mol. The third-order valence-corrected chi connectivity index (χ3v) is 1.88. The highest BCUT2D eigenvalue weighted by Gasteiger charge is 2.03. The second kappa shape index (κ2) is 2.57. The van der Waals surface area contributed by atoms with Crippen molar-refractivity contribution in [3.8, 4) is 0 Å². The van der Waals surface area contributed by atoms with Crippen LogP contribution in [0.15, 0.2) is 18.3 Å². The summed E-state index contributed by atoms with van der Waals surface area (Å²) in [7, 11) is 0. The Kier molecular flexibility index (Phi) is 1.55. The van der Waals surface area contributed by atoms with Gasteiger partial charge in [0.1, 0.15) is 0 Å². The number of pyridine rings is 1. The summed E-state index contributed by atoms with van der Waals surface area (Å²) in [4.78, 5) is 0. The van der Waals surface area contributed by atoms with E-state index in [1.54, 1.807) is 0 Å². The fourth-order valence-corrected chi connectivity index (χ4v) is 1.24. The summed E-state index contributed by atoms with van der Waals surface area (Å²) in [5, 5.41) is 7.98. The van der Waals surface area contributed by atoms with Crippen molar-refractivity contribution in [2.75, 3.05) is 0 Å². The molecule has 0 spiro atoms. The van der Waals surface area contributed by atoms with Gasteiger partial charge in [-0.1, -0.05) is 6.07 Å². The molecule has 0 amide bonds. The first-order valence-electron chi connectivity index (χ1n) is 3.82. The number of aromatic nitrogens is 3. The molecule has 12 heavy (non-hydrogen) atoms. The molecule has 0 unspecified atom stereocenters. The van der Waals surface area contributed by atoms with Crippen LogP contribution in [0, 0.1) is 6.92 Å². The van der Waals surface area contributed by atoms with Crippen molar-refractivity contribution in [3.63, 3.8) is 0 Å². The minimum Gasteiger partial charge on any atom is -0.324 e. The molecule has 2 N–H and O–H groups in total. The second-order valence-electron chi connectivity index (χ2n) is 2.71. The molecule has 2 aromatic heterocycles. The number of nitrogens with zero attached hydrogens (tertiary/aromatic N) is 3. The molecule has 0 aliphatic carbocycles. The van der Waals surface area contributed by atoms with Crippen LogP contribution in [0.4, 0.5) is 0 Å². The van der Waals surface area contributed by atoms with Crippen LogP contribution in [-0.2, 0) is 6.54 Å². The SMILES string of the molecule is Cc1cccn2c(CN)nnc12. The van der Waals surface area contributed by atoms with Crippen molar-refractivity contribution in [1.82, 2.24) is 14.6 Å². The van der Waals surface area contributed by atoms with Crippen molar-refractivity contribution in [1.29, 1.82) is 0 Å². The molecule has 0 radical (unpaired) electrons. The average Bonchev–Trinajstić information content (AvgIpc) is 2.49. The molecule has 2 rings (SSSR count). The molecular formula is C8H10N4. The summed E-state index contributed by atoms with van der Waals surface area (Å²) < 4.78 is 1.91. The monoisotopic (exact) mass is 162 g/mol. The van der Waals surface area contributed by atoms with E-state index in [1.807, 2.05) is 29.7 Å². The molecule has 0 aliphatic rings. The lowest BCUT2D eigenvalue weighted by molar-refractivity contribution is 0.882. The van der Waals surface area contributed by atoms with Crippen molar-refractivity contribution >= 4 is 5.65 Å². The predicted molar refractivity (Wildman–Crippen MR) is 45.6 cm³/mol. The van der Waals surface area contributed by atoms with E-state index in [9.17, 15) is 0 Å². The first-order valence-corrected chi connectivity index (χ1v) is 3.82. The molecular weight excluding hydrogens is 152 g/mol. The van der Waals surface area contributed by atoms with Gasteiger partial charge in [-0.2, -0.15) is 0 Å². The van der Waals surface area contributed by atoms with Gasteiger partial charge in [-0.05, 0) is 18.6 Å². The van der Waals surface area contributed by atoms with Crippen molar-refractivity contribution in [2.24, 2.45) is 5.73 Å². The van der Waals surface area contributed by atoms with Gasteiger partial charge in [0.2, 0.25) is 0 Å². The maximum atomic E-state index is 5.49. The Hall–Kier alpha value is -1.42. The number of nitrogens with two attached hydrogens (primary N) is 1. The van der Waals surface area contributed by atoms with Gasteiger partial charge in [0.05, 0.1) is 6.54 Å². The summed E-state index contributed by atoms with van der Waals surface area (Å²) in [6.45, 7) is 2.43. The number of fused-ring (bicyclic) bond motifs is 1. The zero-order valence-corrected chi connectivity index (χ0v) is 6.86. The largest absolute Gasteiger partial charge is 0.324 e. The molecule has 0 atom stereocenters. The van der Waals surface area contributed by atoms with Gasteiger partial charge in [0.15, 0.2) is 11.5 Å². The first-order chi connectivity index (χ1) is 5.83. The number of rotatable bonds is 1. The van der Waals surface area contributed by atoms with Crippen LogP contribution in [0.25, 0.3) is 5.65 Å². The quantitative estimate of drug-likeness (QED) is 0.664. The molecule has 4 nitrogen and oxygen atoms in total. The Balaban J connectivity index is 2.80. The van der Waals surface area contributed by atoms with Crippen molar-refractivity contribution < 1.29 is 0 Å². The first kappa shape index (κ1) is 7.24. The minimum absolute atomic E-state index is 0.421. The predicted octanol–water partition coefficient (Wildman–Crippen LogP) is 0.496. The maximum absolute atomic E-state index is 5.49. The van der Waals surface area contributed by atoms with E-state index in [0.29, 0.717) is 6.54 Å². The van der Waals surface area contributed by atoms with E-state index in [0.717, 1.165) is 17.0 Å². The highest BCUT2D eigenvalue weighted by molar-refractivity contribution is 5.46. The van der Waals surface area contributed by atoms with E-state index in [1.165, 1.54) is 0 Å². The van der Waals surface area contributed by atoms with Crippen LogP contribution in [0.3, 0.4) is 0 Å². The molecule has 0 saturated heterocycles. The molecule has 2 heterocycles. The number of hydrogen-bond donors (Lipinski definition) is 1. The molecule has 62 valence electrons. The van der Waals surface area contributed by atoms with Crippen LogP contribution >= 0.6 is 0 Å². The molecule has 4 heteroatoms. The zero-order valence-electron chi connectivity index (χ0n) is 6.86. The molecule has 0 fully saturated rings. The lowest BCUT2D eigenvalue weighted by atomic mass is 10.3. The van der Waals surface area contributed by atoms with Gasteiger partial charge in [0.25, 0.3) is 0 Å². The summed E-state index contributed by atoms with van der Waals surface area (Å²) >= 11 is 0. The number of aryl methyl sites for hydroxylation is 1. The lowest BCUT2D eigenvalue weighted by Crippen LogP contribution is -2.02. The Labute approximate surface area is 70.0 Å². The van der Waals surface area contributed by atoms with E-state index >= 15 is 0 Å². The van der Waals surface area contributed by atoms with E-state index in [2.05, 4.69) is 10.2 Å². The molecule has 0 aromatic carbocycles. The Morgan fingerprint density at radius 3 is 3.08 bits per heavy atom. The normalized spacial score (nSPS) is 10.8. The smallest absolute Gasteiger partial charge is 0.163 e. The van der Waals surface area contributed by atoms with Crippen LogP contribution in [-0.4, -0.2) is 14.6 Å². The van der Waals surface area contributed by atoms with Crippen LogP contribution in [0.2, 0.25) is 0 Å². The highest BCUT2D eigenvalue weighted by Crippen LogP contribution is 2.07. The topological polar surface area (TPSA) is 56.2 Å². The van der Waals surface area contributed by atoms with Gasteiger partial charge < -0.3 is 5.73 Å². The van der Waals surface area contributed by atoms with E-state index in [-0.39, 0.29) is 0 Å². The Bertz CT molecular complexity index is 404. The van der Waals surface area contributed by atoms with E-state index < -0.39 is 0 Å². The van der Waals surface area contributed by atoms with Crippen molar-refractivity contribution in [3.05, 3.63) is 29.7 Å². The third-order valence-electron chi connectivity index (χ3n) is 1.88. The highest BCUT2D eigenvalue weighted by atomic mass is 15.2. The summed E-state index contributed by atoms with van der Waals surface area (Å²) in [5.41, 5.74) is 7.49. The Morgan fingerprint density at radius 1 is 1.50 bits per heavy atom. The van der Waals surface area contributed by atoms with Crippen LogP contribution in [0.5, 0.6) is 0 Å². The van der Waals surface area contributed by atoms with E-state index in [4.69, 9.17) is 5.73 Å². The third kappa shape index (κ3) is 0.887. The summed E-state index contributed by atoms with van der Waals surface area (Å²) in [6.07, 6.45) is 1.92. The Morgan fingerprint density at radius 2 is 2.33 bits per heavy atom. The zero-order chi connectivity index (χ0) is 8.55. The van der Waals surface area contributed by atoms with Gasteiger partial charge in [-0.15, -0.1) is 10.2 Å². The van der Waals surface area contributed by atoms with Gasteiger partial charge in [0, 0.05) is 6.20 Å². The molecule has 0 bridgehead atoms. The summed E-state index contributed by atoms with van der Waals surface area (Å²) in [5.74, 6) is 0.800. The second-order valence-corrected chi connectivity index (χ2v) is 2.71. The maximum Gasteiger partial charge on any atom is 0.163 e. The number of hydrogen-bond acceptors (Lipinski definition) is 3. The fraction of sp³-hybridized carbons (Fsp3) is 0.250. The van der Waals surface area contributed by atoms with Gasteiger partial charge in [-0.25, -0.2) is 0 Å². The van der Waals surface area contributed by atoms with Crippen LogP contribution in [0.1, 0.15) is 11.4 Å². The lowest BCUT2D eigenvalue weighted by Gasteiger charge is -1.96. The van der Waals surface area contributed by atoms with Crippen molar-refractivity contribution in [2.45, 2.75) is 13.5 Å². The standard InChI is InChI=1S/C8H10N4/c1-6-3-2-4-12-7(5-9)10-11-8(6)12/h2-4H,5,9H2,1H3. The van der Waals surface area contributed by atoms with Gasteiger partial charge in [-0.3, -0.25) is 4.40 Å². The van der Waals surface area contributed by atoms with Gasteiger partial charge >= 0.3 is 0 Å². The van der Waals surface area contributed by atoms with Crippen LogP contribution < -0.4 is 5.73 Å². The fourth-order valence-electron chi connectivity index (χ4n) is 1.24. The summed E-state index contributed by atoms with van der Waals surface area (Å²) in [6, 6.07) is 3.97. The minimum atomic E-state index is 0.421. The molecule has 0 aliphatic heterocycles. The molecule has 2 aromatic rings. The molecule has 0 saturated carbocycles.